The highest BCUT2D eigenvalue weighted by Gasteiger charge is 2.33. The first-order chi connectivity index (χ1) is 7.48. The number of rotatable bonds is 5. The summed E-state index contributed by atoms with van der Waals surface area (Å²) in [5.41, 5.74) is -0.00268. The van der Waals surface area contributed by atoms with E-state index in [9.17, 15) is 0 Å². The first-order valence-corrected chi connectivity index (χ1v) is 6.61. The van der Waals surface area contributed by atoms with Crippen molar-refractivity contribution >= 4 is 0 Å². The van der Waals surface area contributed by atoms with E-state index in [0.717, 1.165) is 26.2 Å². The van der Waals surface area contributed by atoms with Gasteiger partial charge in [-0.15, -0.1) is 0 Å². The second-order valence-electron chi connectivity index (χ2n) is 5.49. The number of hydrogen-bond donors (Lipinski definition) is 1. The molecular formula is C13H28N2O. The molecule has 0 radical (unpaired) electrons. The Morgan fingerprint density at radius 2 is 2.12 bits per heavy atom. The monoisotopic (exact) mass is 228 g/mol. The number of nitrogens with one attached hydrogen (secondary N) is 1. The van der Waals surface area contributed by atoms with Crippen molar-refractivity contribution in [1.29, 1.82) is 0 Å². The van der Waals surface area contributed by atoms with Crippen molar-refractivity contribution in [3.05, 3.63) is 0 Å². The highest BCUT2D eigenvalue weighted by Crippen LogP contribution is 2.23. The third kappa shape index (κ3) is 4.04. The van der Waals surface area contributed by atoms with Gasteiger partial charge in [0, 0.05) is 25.7 Å². The van der Waals surface area contributed by atoms with Crippen molar-refractivity contribution in [3.8, 4) is 0 Å². The lowest BCUT2D eigenvalue weighted by atomic mass is 10.0. The maximum absolute atomic E-state index is 5.94. The Morgan fingerprint density at radius 1 is 1.44 bits per heavy atom. The van der Waals surface area contributed by atoms with Gasteiger partial charge in [-0.3, -0.25) is 4.90 Å². The minimum absolute atomic E-state index is 0.00268. The molecule has 0 aromatic heterocycles. The summed E-state index contributed by atoms with van der Waals surface area (Å²) in [6.45, 7) is 15.2. The SMILES string of the molecule is CCNCC(CC)N1CC(C)OC(C)(C)C1. The van der Waals surface area contributed by atoms with Gasteiger partial charge in [-0.05, 0) is 33.7 Å². The standard InChI is InChI=1S/C13H28N2O/c1-6-12(8-14-7-2)15-9-11(3)16-13(4,5)10-15/h11-12,14H,6-10H2,1-5H3. The van der Waals surface area contributed by atoms with Gasteiger partial charge >= 0.3 is 0 Å². The van der Waals surface area contributed by atoms with Crippen LogP contribution in [0.5, 0.6) is 0 Å². The molecule has 1 saturated heterocycles. The number of hydrogen-bond acceptors (Lipinski definition) is 3. The van der Waals surface area contributed by atoms with Gasteiger partial charge < -0.3 is 10.1 Å². The molecule has 1 fully saturated rings. The van der Waals surface area contributed by atoms with Gasteiger partial charge in [-0.2, -0.15) is 0 Å². The van der Waals surface area contributed by atoms with Gasteiger partial charge in [0.05, 0.1) is 11.7 Å². The second-order valence-corrected chi connectivity index (χ2v) is 5.49. The lowest BCUT2D eigenvalue weighted by Crippen LogP contribution is -2.56. The van der Waals surface area contributed by atoms with E-state index in [1.54, 1.807) is 0 Å². The van der Waals surface area contributed by atoms with E-state index < -0.39 is 0 Å². The maximum Gasteiger partial charge on any atom is 0.0757 e. The Balaban J connectivity index is 2.55. The van der Waals surface area contributed by atoms with E-state index in [4.69, 9.17) is 4.74 Å². The third-order valence-electron chi connectivity index (χ3n) is 3.21. The van der Waals surface area contributed by atoms with Gasteiger partial charge in [0.15, 0.2) is 0 Å². The third-order valence-corrected chi connectivity index (χ3v) is 3.21. The molecule has 2 unspecified atom stereocenters. The minimum Gasteiger partial charge on any atom is -0.370 e. The van der Waals surface area contributed by atoms with Crippen LogP contribution >= 0.6 is 0 Å². The van der Waals surface area contributed by atoms with E-state index in [-0.39, 0.29) is 5.60 Å². The summed E-state index contributed by atoms with van der Waals surface area (Å²) in [7, 11) is 0. The molecule has 1 heterocycles. The number of nitrogens with zero attached hydrogens (tertiary/aromatic N) is 1. The lowest BCUT2D eigenvalue weighted by molar-refractivity contribution is -0.137. The normalized spacial score (nSPS) is 27.9. The van der Waals surface area contributed by atoms with Crippen LogP contribution in [0, 0.1) is 0 Å². The molecule has 1 N–H and O–H groups in total. The molecule has 16 heavy (non-hydrogen) atoms. The van der Waals surface area contributed by atoms with Gasteiger partial charge in [0.2, 0.25) is 0 Å². The van der Waals surface area contributed by atoms with Crippen LogP contribution in [0.3, 0.4) is 0 Å². The molecule has 0 amide bonds. The highest BCUT2D eigenvalue weighted by molar-refractivity contribution is 4.86. The summed E-state index contributed by atoms with van der Waals surface area (Å²) in [4.78, 5) is 2.58. The topological polar surface area (TPSA) is 24.5 Å². The lowest BCUT2D eigenvalue weighted by Gasteiger charge is -2.45. The zero-order valence-electron chi connectivity index (χ0n) is 11.5. The maximum atomic E-state index is 5.94. The van der Waals surface area contributed by atoms with Crippen LogP contribution in [0.4, 0.5) is 0 Å². The van der Waals surface area contributed by atoms with Gasteiger partial charge in [-0.25, -0.2) is 0 Å². The van der Waals surface area contributed by atoms with Crippen molar-refractivity contribution in [2.75, 3.05) is 26.2 Å². The molecule has 0 aromatic carbocycles. The van der Waals surface area contributed by atoms with Crippen molar-refractivity contribution in [1.82, 2.24) is 10.2 Å². The first-order valence-electron chi connectivity index (χ1n) is 6.61. The Labute approximate surface area is 101 Å². The second kappa shape index (κ2) is 5.99. The van der Waals surface area contributed by atoms with E-state index in [1.165, 1.54) is 6.42 Å². The van der Waals surface area contributed by atoms with E-state index in [1.807, 2.05) is 0 Å². The smallest absolute Gasteiger partial charge is 0.0757 e. The van der Waals surface area contributed by atoms with Gasteiger partial charge in [0.1, 0.15) is 0 Å². The van der Waals surface area contributed by atoms with E-state index in [0.29, 0.717) is 12.1 Å². The quantitative estimate of drug-likeness (QED) is 0.777. The molecule has 96 valence electrons. The summed E-state index contributed by atoms with van der Waals surface area (Å²) >= 11 is 0. The van der Waals surface area contributed by atoms with Crippen molar-refractivity contribution < 1.29 is 4.74 Å². The minimum atomic E-state index is -0.00268. The van der Waals surface area contributed by atoms with Gasteiger partial charge in [-0.1, -0.05) is 13.8 Å². The number of likely N-dealkylation sites (N-methyl/N-ethyl adjacent to an activating group) is 1. The zero-order chi connectivity index (χ0) is 12.2. The molecule has 1 aliphatic heterocycles. The van der Waals surface area contributed by atoms with Crippen LogP contribution in [-0.4, -0.2) is 48.8 Å². The van der Waals surface area contributed by atoms with Crippen molar-refractivity contribution in [2.24, 2.45) is 0 Å². The van der Waals surface area contributed by atoms with Crippen LogP contribution in [0.25, 0.3) is 0 Å². The number of morpholine rings is 1. The summed E-state index contributed by atoms with van der Waals surface area (Å²) in [5, 5.41) is 3.46. The van der Waals surface area contributed by atoms with Gasteiger partial charge in [0.25, 0.3) is 0 Å². The molecule has 3 heteroatoms. The van der Waals surface area contributed by atoms with E-state index in [2.05, 4.69) is 44.8 Å². The molecule has 0 bridgehead atoms. The van der Waals surface area contributed by atoms with Crippen molar-refractivity contribution in [3.63, 3.8) is 0 Å². The Kier molecular flexibility index (Phi) is 5.22. The molecule has 1 rings (SSSR count). The Morgan fingerprint density at radius 3 is 2.62 bits per heavy atom. The van der Waals surface area contributed by atoms with E-state index >= 15 is 0 Å². The molecule has 2 atom stereocenters. The van der Waals surface area contributed by atoms with Crippen LogP contribution in [0.15, 0.2) is 0 Å². The largest absolute Gasteiger partial charge is 0.370 e. The molecule has 0 aliphatic carbocycles. The molecule has 1 aliphatic rings. The highest BCUT2D eigenvalue weighted by atomic mass is 16.5. The fraction of sp³-hybridized carbons (Fsp3) is 1.00. The molecule has 0 aromatic rings. The van der Waals surface area contributed by atoms with Crippen LogP contribution in [0.1, 0.15) is 41.0 Å². The summed E-state index contributed by atoms with van der Waals surface area (Å²) in [5.74, 6) is 0. The first kappa shape index (κ1) is 13.9. The molecule has 0 saturated carbocycles. The zero-order valence-corrected chi connectivity index (χ0v) is 11.5. The summed E-state index contributed by atoms with van der Waals surface area (Å²) in [6, 6.07) is 0.644. The average Bonchev–Trinajstić information content (AvgIpc) is 2.15. The summed E-state index contributed by atoms with van der Waals surface area (Å²) < 4.78 is 5.94. The fourth-order valence-corrected chi connectivity index (χ4v) is 2.62. The van der Waals surface area contributed by atoms with Crippen LogP contribution in [0.2, 0.25) is 0 Å². The molecule has 0 spiro atoms. The molecular weight excluding hydrogens is 200 g/mol. The number of ether oxygens (including phenoxy) is 1. The van der Waals surface area contributed by atoms with Crippen LogP contribution < -0.4 is 5.32 Å². The predicted molar refractivity (Wildman–Crippen MR) is 68.8 cm³/mol. The Hall–Kier alpha value is -0.120. The fourth-order valence-electron chi connectivity index (χ4n) is 2.62. The Bertz CT molecular complexity index is 206. The van der Waals surface area contributed by atoms with Crippen LogP contribution in [-0.2, 0) is 4.74 Å². The molecule has 3 nitrogen and oxygen atoms in total. The average molecular weight is 228 g/mol. The van der Waals surface area contributed by atoms with Crippen molar-refractivity contribution in [2.45, 2.75) is 58.8 Å². The predicted octanol–water partition coefficient (Wildman–Crippen LogP) is 1.87. The summed E-state index contributed by atoms with van der Waals surface area (Å²) in [6.07, 6.45) is 1.55.